The Morgan fingerprint density at radius 2 is 1.76 bits per heavy atom. The second-order valence-corrected chi connectivity index (χ2v) is 6.15. The normalized spacial score (nSPS) is 12.0. The maximum absolute atomic E-state index is 6.66. The van der Waals surface area contributed by atoms with E-state index < -0.39 is 5.38 Å². The van der Waals surface area contributed by atoms with Crippen LogP contribution in [0.25, 0.3) is 0 Å². The summed E-state index contributed by atoms with van der Waals surface area (Å²) in [5.41, 5.74) is 1.68. The first-order valence-corrected chi connectivity index (χ1v) is 8.07. The van der Waals surface area contributed by atoms with Gasteiger partial charge in [0.25, 0.3) is 0 Å². The predicted molar refractivity (Wildman–Crippen MR) is 91.0 cm³/mol. The van der Waals surface area contributed by atoms with Crippen LogP contribution in [0, 0.1) is 0 Å². The fourth-order valence-corrected chi connectivity index (χ4v) is 2.98. The van der Waals surface area contributed by atoms with Crippen molar-refractivity contribution in [3.63, 3.8) is 0 Å². The van der Waals surface area contributed by atoms with Gasteiger partial charge in [0.05, 0.1) is 19.1 Å². The Balaban J connectivity index is 2.51. The van der Waals surface area contributed by atoms with Gasteiger partial charge in [0.15, 0.2) is 0 Å². The van der Waals surface area contributed by atoms with E-state index in [0.29, 0.717) is 17.4 Å². The standard InChI is InChI=1S/C16H15BrCl2O2/c1-3-21-15-6-4-10(17)8-12(15)16(19)13-9-11(18)5-7-14(13)20-2/h4-9,16H,3H2,1-2H3. The Morgan fingerprint density at radius 1 is 1.10 bits per heavy atom. The molecule has 0 heterocycles. The zero-order valence-electron chi connectivity index (χ0n) is 11.7. The van der Waals surface area contributed by atoms with E-state index in [4.69, 9.17) is 32.7 Å². The van der Waals surface area contributed by atoms with E-state index in [1.807, 2.05) is 37.3 Å². The number of rotatable bonds is 5. The highest BCUT2D eigenvalue weighted by molar-refractivity contribution is 9.10. The van der Waals surface area contributed by atoms with Crippen LogP contribution in [0.5, 0.6) is 11.5 Å². The van der Waals surface area contributed by atoms with Crippen molar-refractivity contribution >= 4 is 39.1 Å². The molecule has 0 spiro atoms. The molecule has 0 amide bonds. The summed E-state index contributed by atoms with van der Waals surface area (Å²) in [6.45, 7) is 2.51. The van der Waals surface area contributed by atoms with E-state index >= 15 is 0 Å². The summed E-state index contributed by atoms with van der Waals surface area (Å²) < 4.78 is 12.0. The minimum atomic E-state index is -0.419. The number of halogens is 3. The molecule has 0 N–H and O–H groups in total. The molecule has 2 aromatic rings. The Labute approximate surface area is 143 Å². The molecule has 0 fully saturated rings. The van der Waals surface area contributed by atoms with Crippen LogP contribution in [0.2, 0.25) is 5.02 Å². The van der Waals surface area contributed by atoms with E-state index in [0.717, 1.165) is 21.3 Å². The molecule has 5 heteroatoms. The van der Waals surface area contributed by atoms with Crippen molar-refractivity contribution in [1.82, 2.24) is 0 Å². The molecule has 1 atom stereocenters. The van der Waals surface area contributed by atoms with Crippen LogP contribution in [0.1, 0.15) is 23.4 Å². The molecule has 112 valence electrons. The Kier molecular flexibility index (Phi) is 5.80. The molecule has 0 radical (unpaired) electrons. The third kappa shape index (κ3) is 3.85. The van der Waals surface area contributed by atoms with Crippen molar-refractivity contribution in [3.05, 3.63) is 57.0 Å². The molecular weight excluding hydrogens is 375 g/mol. The second kappa shape index (κ2) is 7.39. The van der Waals surface area contributed by atoms with Crippen molar-refractivity contribution in [2.45, 2.75) is 12.3 Å². The van der Waals surface area contributed by atoms with Gasteiger partial charge in [-0.05, 0) is 43.3 Å². The van der Waals surface area contributed by atoms with E-state index in [1.165, 1.54) is 0 Å². The average molecular weight is 390 g/mol. The average Bonchev–Trinajstić information content (AvgIpc) is 2.48. The summed E-state index contributed by atoms with van der Waals surface area (Å²) in [5.74, 6) is 1.45. The first kappa shape index (κ1) is 16.5. The monoisotopic (exact) mass is 388 g/mol. The van der Waals surface area contributed by atoms with Gasteiger partial charge in [0.2, 0.25) is 0 Å². The maximum Gasteiger partial charge on any atom is 0.124 e. The Hall–Kier alpha value is -0.900. The van der Waals surface area contributed by atoms with Gasteiger partial charge in [-0.25, -0.2) is 0 Å². The number of benzene rings is 2. The van der Waals surface area contributed by atoms with Crippen LogP contribution in [0.4, 0.5) is 0 Å². The summed E-state index contributed by atoms with van der Waals surface area (Å²) in [5, 5.41) is 0.196. The minimum absolute atomic E-state index is 0.419. The van der Waals surface area contributed by atoms with Crippen LogP contribution in [-0.4, -0.2) is 13.7 Å². The molecule has 0 aliphatic carbocycles. The van der Waals surface area contributed by atoms with Gasteiger partial charge in [0, 0.05) is 20.6 Å². The summed E-state index contributed by atoms with van der Waals surface area (Å²) in [7, 11) is 1.61. The smallest absolute Gasteiger partial charge is 0.124 e. The first-order chi connectivity index (χ1) is 10.1. The van der Waals surface area contributed by atoms with Crippen molar-refractivity contribution in [2.75, 3.05) is 13.7 Å². The number of hydrogen-bond donors (Lipinski definition) is 0. The molecule has 2 nitrogen and oxygen atoms in total. The quantitative estimate of drug-likeness (QED) is 0.598. The third-order valence-corrected chi connectivity index (χ3v) is 4.21. The zero-order valence-corrected chi connectivity index (χ0v) is 14.8. The van der Waals surface area contributed by atoms with Gasteiger partial charge in [-0.1, -0.05) is 27.5 Å². The fraction of sp³-hybridized carbons (Fsp3) is 0.250. The fourth-order valence-electron chi connectivity index (χ4n) is 2.08. The predicted octanol–water partition coefficient (Wildman–Crippen LogP) is 5.84. The first-order valence-electron chi connectivity index (χ1n) is 6.46. The Morgan fingerprint density at radius 3 is 2.43 bits per heavy atom. The minimum Gasteiger partial charge on any atom is -0.496 e. The van der Waals surface area contributed by atoms with Crippen molar-refractivity contribution in [1.29, 1.82) is 0 Å². The van der Waals surface area contributed by atoms with Crippen LogP contribution < -0.4 is 9.47 Å². The molecule has 0 bridgehead atoms. The molecule has 21 heavy (non-hydrogen) atoms. The van der Waals surface area contributed by atoms with E-state index in [9.17, 15) is 0 Å². The van der Waals surface area contributed by atoms with Gasteiger partial charge < -0.3 is 9.47 Å². The largest absolute Gasteiger partial charge is 0.496 e. The number of hydrogen-bond acceptors (Lipinski definition) is 2. The van der Waals surface area contributed by atoms with Crippen molar-refractivity contribution < 1.29 is 9.47 Å². The number of ether oxygens (including phenoxy) is 2. The molecule has 0 aliphatic heterocycles. The highest BCUT2D eigenvalue weighted by Gasteiger charge is 2.20. The highest BCUT2D eigenvalue weighted by atomic mass is 79.9. The highest BCUT2D eigenvalue weighted by Crippen LogP contribution is 2.41. The molecular formula is C16H15BrCl2O2. The molecule has 1 unspecified atom stereocenters. The van der Waals surface area contributed by atoms with Gasteiger partial charge in [-0.15, -0.1) is 11.6 Å². The lowest BCUT2D eigenvalue weighted by Gasteiger charge is -2.18. The molecule has 2 aromatic carbocycles. The maximum atomic E-state index is 6.66. The molecule has 0 aliphatic rings. The summed E-state index contributed by atoms with van der Waals surface area (Å²) in [4.78, 5) is 0. The van der Waals surface area contributed by atoms with Crippen LogP contribution in [-0.2, 0) is 0 Å². The van der Waals surface area contributed by atoms with Gasteiger partial charge in [0.1, 0.15) is 11.5 Å². The molecule has 0 saturated heterocycles. The van der Waals surface area contributed by atoms with Crippen LogP contribution in [0.15, 0.2) is 40.9 Å². The molecule has 0 aromatic heterocycles. The van der Waals surface area contributed by atoms with Crippen molar-refractivity contribution in [3.8, 4) is 11.5 Å². The second-order valence-electron chi connectivity index (χ2n) is 4.36. The van der Waals surface area contributed by atoms with Crippen molar-refractivity contribution in [2.24, 2.45) is 0 Å². The van der Waals surface area contributed by atoms with Crippen LogP contribution >= 0.6 is 39.1 Å². The van der Waals surface area contributed by atoms with E-state index in [1.54, 1.807) is 13.2 Å². The lowest BCUT2D eigenvalue weighted by atomic mass is 10.0. The summed E-state index contributed by atoms with van der Waals surface area (Å²) in [6, 6.07) is 11.2. The Bertz CT molecular complexity index is 632. The van der Waals surface area contributed by atoms with Gasteiger partial charge in [-0.3, -0.25) is 0 Å². The zero-order chi connectivity index (χ0) is 15.4. The van der Waals surface area contributed by atoms with Gasteiger partial charge in [-0.2, -0.15) is 0 Å². The van der Waals surface area contributed by atoms with E-state index in [-0.39, 0.29) is 0 Å². The summed E-state index contributed by atoms with van der Waals surface area (Å²) >= 11 is 16.2. The van der Waals surface area contributed by atoms with Crippen LogP contribution in [0.3, 0.4) is 0 Å². The van der Waals surface area contributed by atoms with E-state index in [2.05, 4.69) is 15.9 Å². The summed E-state index contributed by atoms with van der Waals surface area (Å²) in [6.07, 6.45) is 0. The SMILES string of the molecule is CCOc1ccc(Br)cc1C(Cl)c1cc(Cl)ccc1OC. The lowest BCUT2D eigenvalue weighted by molar-refractivity contribution is 0.336. The number of methoxy groups -OCH3 is 1. The topological polar surface area (TPSA) is 18.5 Å². The number of alkyl halides is 1. The lowest BCUT2D eigenvalue weighted by Crippen LogP contribution is -2.02. The molecule has 2 rings (SSSR count). The molecule has 0 saturated carbocycles. The third-order valence-electron chi connectivity index (χ3n) is 3.01. The van der Waals surface area contributed by atoms with Gasteiger partial charge >= 0.3 is 0 Å².